The minimum atomic E-state index is -1.44. The van der Waals surface area contributed by atoms with E-state index in [1.54, 1.807) is 6.92 Å². The van der Waals surface area contributed by atoms with Crippen molar-refractivity contribution >= 4 is 17.0 Å². The van der Waals surface area contributed by atoms with Gasteiger partial charge < -0.3 is 10.1 Å². The number of H-pyrrole nitrogens is 2. The fraction of sp³-hybridized carbons (Fsp3) is 0.200. The normalized spacial score (nSPS) is 10.7. The van der Waals surface area contributed by atoms with E-state index in [0.29, 0.717) is 0 Å². The number of aromatic nitrogens is 3. The summed E-state index contributed by atoms with van der Waals surface area (Å²) in [6.07, 6.45) is 0. The van der Waals surface area contributed by atoms with Crippen LogP contribution in [0.5, 0.6) is 0 Å². The average Bonchev–Trinajstić information content (AvgIpc) is 2.28. The number of hydrogen-bond acceptors (Lipinski definition) is 4. The van der Waals surface area contributed by atoms with Crippen LogP contribution >= 0.6 is 0 Å². The maximum absolute atomic E-state index is 11.6. The van der Waals surface area contributed by atoms with Gasteiger partial charge in [-0.05, 0) is 13.0 Å². The lowest BCUT2D eigenvalue weighted by Crippen LogP contribution is -2.32. The summed E-state index contributed by atoms with van der Waals surface area (Å²) in [5.41, 5.74) is -2.79. The molecule has 8 nitrogen and oxygen atoms in total. The summed E-state index contributed by atoms with van der Waals surface area (Å²) in [6.45, 7) is 1.89. The molecule has 2 heterocycles. The van der Waals surface area contributed by atoms with Gasteiger partial charge in [0.25, 0.3) is 11.1 Å². The molecule has 94 valence electrons. The highest BCUT2D eigenvalue weighted by Crippen LogP contribution is 2.04. The summed E-state index contributed by atoms with van der Waals surface area (Å²) < 4.78 is 1.14. The van der Waals surface area contributed by atoms with E-state index in [9.17, 15) is 19.2 Å². The number of nitrogens with zero attached hydrogens (tertiary/aromatic N) is 1. The third-order valence-corrected chi connectivity index (χ3v) is 2.55. The Morgan fingerprint density at radius 1 is 1.28 bits per heavy atom. The first-order valence-corrected chi connectivity index (χ1v) is 5.09. The number of aromatic carboxylic acids is 1. The molecular weight excluding hydrogens is 242 g/mol. The van der Waals surface area contributed by atoms with Crippen LogP contribution in [-0.2, 0) is 6.54 Å². The number of fused-ring (bicyclic) bond motifs is 1. The van der Waals surface area contributed by atoms with Crippen molar-refractivity contribution in [1.29, 1.82) is 0 Å². The second kappa shape index (κ2) is 3.99. The molecule has 0 aromatic carbocycles. The number of nitrogens with one attached hydrogen (secondary N) is 2. The van der Waals surface area contributed by atoms with Crippen molar-refractivity contribution in [3.8, 4) is 0 Å². The lowest BCUT2D eigenvalue weighted by atomic mass is 10.2. The number of carboxylic acids is 1. The second-order valence-corrected chi connectivity index (χ2v) is 3.58. The van der Waals surface area contributed by atoms with Crippen LogP contribution in [0.15, 0.2) is 20.4 Å². The van der Waals surface area contributed by atoms with Gasteiger partial charge in [-0.25, -0.2) is 9.59 Å². The molecule has 0 aliphatic carbocycles. The van der Waals surface area contributed by atoms with Gasteiger partial charge in [0.15, 0.2) is 0 Å². The lowest BCUT2D eigenvalue weighted by molar-refractivity contribution is 0.0695. The average molecular weight is 251 g/mol. The number of rotatable bonds is 2. The molecule has 0 bridgehead atoms. The zero-order valence-corrected chi connectivity index (χ0v) is 9.31. The van der Waals surface area contributed by atoms with Crippen LogP contribution in [0.1, 0.15) is 17.3 Å². The van der Waals surface area contributed by atoms with E-state index in [-0.39, 0.29) is 17.6 Å². The molecule has 0 atom stereocenters. The van der Waals surface area contributed by atoms with Crippen LogP contribution < -0.4 is 16.8 Å². The molecule has 3 N–H and O–H groups in total. The summed E-state index contributed by atoms with van der Waals surface area (Å²) >= 11 is 0. The SMILES string of the molecule is CCn1c(=O)[nH]c(=O)c2cc(C(=O)O)c(=O)[nH]c21. The van der Waals surface area contributed by atoms with Crippen molar-refractivity contribution in [2.24, 2.45) is 0 Å². The summed E-state index contributed by atoms with van der Waals surface area (Å²) in [7, 11) is 0. The fourth-order valence-corrected chi connectivity index (χ4v) is 1.70. The molecule has 0 radical (unpaired) electrons. The lowest BCUT2D eigenvalue weighted by Gasteiger charge is -2.06. The van der Waals surface area contributed by atoms with Crippen LogP contribution in [0.3, 0.4) is 0 Å². The molecule has 0 aliphatic rings. The Balaban J connectivity index is 3.06. The van der Waals surface area contributed by atoms with E-state index in [2.05, 4.69) is 9.97 Å². The molecule has 2 aromatic rings. The third kappa shape index (κ3) is 1.63. The van der Waals surface area contributed by atoms with Crippen LogP contribution in [0.2, 0.25) is 0 Å². The Morgan fingerprint density at radius 2 is 1.94 bits per heavy atom. The van der Waals surface area contributed by atoms with Gasteiger partial charge in [-0.2, -0.15) is 0 Å². The number of carbonyl (C=O) groups is 1. The maximum atomic E-state index is 11.6. The van der Waals surface area contributed by atoms with Crippen molar-refractivity contribution in [2.45, 2.75) is 13.5 Å². The van der Waals surface area contributed by atoms with Gasteiger partial charge in [0.05, 0.1) is 5.39 Å². The maximum Gasteiger partial charge on any atom is 0.341 e. The summed E-state index contributed by atoms with van der Waals surface area (Å²) in [5.74, 6) is -1.44. The van der Waals surface area contributed by atoms with E-state index < -0.39 is 28.3 Å². The minimum Gasteiger partial charge on any atom is -0.477 e. The van der Waals surface area contributed by atoms with Crippen molar-refractivity contribution in [1.82, 2.24) is 14.5 Å². The Hall–Kier alpha value is -2.64. The van der Waals surface area contributed by atoms with E-state index in [1.165, 1.54) is 0 Å². The molecule has 0 saturated heterocycles. The van der Waals surface area contributed by atoms with Crippen molar-refractivity contribution < 1.29 is 9.90 Å². The molecule has 2 rings (SSSR count). The van der Waals surface area contributed by atoms with Crippen LogP contribution in [0.4, 0.5) is 0 Å². The molecule has 0 spiro atoms. The summed E-state index contributed by atoms with van der Waals surface area (Å²) in [5, 5.41) is 8.75. The summed E-state index contributed by atoms with van der Waals surface area (Å²) in [4.78, 5) is 49.7. The van der Waals surface area contributed by atoms with Gasteiger partial charge in [-0.1, -0.05) is 0 Å². The molecule has 18 heavy (non-hydrogen) atoms. The first kappa shape index (κ1) is 11.8. The quantitative estimate of drug-likeness (QED) is 0.637. The number of hydrogen-bond donors (Lipinski definition) is 3. The molecule has 8 heteroatoms. The first-order chi connectivity index (χ1) is 8.45. The van der Waals surface area contributed by atoms with Crippen LogP contribution in [0, 0.1) is 0 Å². The molecule has 0 unspecified atom stereocenters. The molecular formula is C10H9N3O5. The third-order valence-electron chi connectivity index (χ3n) is 2.55. The monoisotopic (exact) mass is 251 g/mol. The van der Waals surface area contributed by atoms with E-state index in [0.717, 1.165) is 10.6 Å². The smallest absolute Gasteiger partial charge is 0.341 e. The predicted molar refractivity (Wildman–Crippen MR) is 62.1 cm³/mol. The highest BCUT2D eigenvalue weighted by atomic mass is 16.4. The standard InChI is InChI=1S/C10H9N3O5/c1-2-13-6-4(7(14)12-10(13)18)3-5(9(16)17)8(15)11-6/h3H,2H2,1H3,(H,11,15)(H,16,17)(H,12,14,18). The minimum absolute atomic E-state index is 0.0150. The molecule has 0 amide bonds. The zero-order chi connectivity index (χ0) is 13.4. The topological polar surface area (TPSA) is 125 Å². The fourth-order valence-electron chi connectivity index (χ4n) is 1.70. The molecule has 0 aliphatic heterocycles. The van der Waals surface area contributed by atoms with Gasteiger partial charge in [-0.15, -0.1) is 0 Å². The van der Waals surface area contributed by atoms with Gasteiger partial charge in [0.2, 0.25) is 0 Å². The number of pyridine rings is 1. The largest absolute Gasteiger partial charge is 0.477 e. The van der Waals surface area contributed by atoms with Crippen molar-refractivity contribution in [3.63, 3.8) is 0 Å². The Bertz CT molecular complexity index is 811. The van der Waals surface area contributed by atoms with E-state index in [1.807, 2.05) is 0 Å². The highest BCUT2D eigenvalue weighted by Gasteiger charge is 2.14. The molecule has 2 aromatic heterocycles. The zero-order valence-electron chi connectivity index (χ0n) is 9.31. The van der Waals surface area contributed by atoms with Crippen molar-refractivity contribution in [3.05, 3.63) is 42.8 Å². The summed E-state index contributed by atoms with van der Waals surface area (Å²) in [6, 6.07) is 0.959. The van der Waals surface area contributed by atoms with Gasteiger partial charge in [0, 0.05) is 6.54 Å². The Morgan fingerprint density at radius 3 is 2.50 bits per heavy atom. The Labute approximate surface area is 98.5 Å². The number of carboxylic acid groups (broad SMARTS) is 1. The van der Waals surface area contributed by atoms with Crippen molar-refractivity contribution in [2.75, 3.05) is 0 Å². The van der Waals surface area contributed by atoms with E-state index >= 15 is 0 Å². The predicted octanol–water partition coefficient (Wildman–Crippen LogP) is -0.904. The molecule has 0 fully saturated rings. The van der Waals surface area contributed by atoms with Gasteiger partial charge in [-0.3, -0.25) is 19.1 Å². The molecule has 0 saturated carbocycles. The Kier molecular flexibility index (Phi) is 2.62. The van der Waals surface area contributed by atoms with Crippen LogP contribution in [-0.4, -0.2) is 25.6 Å². The van der Waals surface area contributed by atoms with Crippen LogP contribution in [0.25, 0.3) is 11.0 Å². The number of aryl methyl sites for hydroxylation is 1. The highest BCUT2D eigenvalue weighted by molar-refractivity contribution is 5.91. The van der Waals surface area contributed by atoms with Gasteiger partial charge in [0.1, 0.15) is 11.2 Å². The van der Waals surface area contributed by atoms with Gasteiger partial charge >= 0.3 is 11.7 Å². The van der Waals surface area contributed by atoms with E-state index in [4.69, 9.17) is 5.11 Å². The first-order valence-electron chi connectivity index (χ1n) is 5.09. The number of aromatic amines is 2. The second-order valence-electron chi connectivity index (χ2n) is 3.58.